The smallest absolute Gasteiger partial charge is 0.241 e. The van der Waals surface area contributed by atoms with Gasteiger partial charge in [-0.25, -0.2) is 0 Å². The molecular weight excluding hydrogens is 272 g/mol. The lowest BCUT2D eigenvalue weighted by Gasteiger charge is -2.26. The number of nitrogens with one attached hydrogen (secondary N) is 1. The molecular formula is C15H24N2O2S. The number of ether oxygens (including phenoxy) is 1. The molecule has 3 atom stereocenters. The molecule has 0 aromatic carbocycles. The first-order valence-corrected chi connectivity index (χ1v) is 8.00. The van der Waals surface area contributed by atoms with Crippen LogP contribution in [0, 0.1) is 12.8 Å². The van der Waals surface area contributed by atoms with Gasteiger partial charge in [-0.2, -0.15) is 0 Å². The van der Waals surface area contributed by atoms with Crippen molar-refractivity contribution >= 4 is 17.2 Å². The summed E-state index contributed by atoms with van der Waals surface area (Å²) in [6.45, 7) is 7.68. The average molecular weight is 296 g/mol. The highest BCUT2D eigenvalue weighted by molar-refractivity contribution is 7.12. The number of methoxy groups -OCH3 is 1. The van der Waals surface area contributed by atoms with Crippen molar-refractivity contribution in [1.29, 1.82) is 0 Å². The Morgan fingerprint density at radius 3 is 2.80 bits per heavy atom. The van der Waals surface area contributed by atoms with Crippen LogP contribution in [-0.2, 0) is 9.53 Å². The lowest BCUT2D eigenvalue weighted by atomic mass is 10.1. The Morgan fingerprint density at radius 1 is 1.50 bits per heavy atom. The van der Waals surface area contributed by atoms with E-state index in [1.807, 2.05) is 11.8 Å². The van der Waals surface area contributed by atoms with Crippen LogP contribution >= 0.6 is 11.3 Å². The summed E-state index contributed by atoms with van der Waals surface area (Å²) >= 11 is 1.76. The van der Waals surface area contributed by atoms with Crippen LogP contribution in [0.4, 0.5) is 0 Å². The van der Waals surface area contributed by atoms with Crippen molar-refractivity contribution in [1.82, 2.24) is 10.2 Å². The van der Waals surface area contributed by atoms with E-state index in [0.717, 1.165) is 13.0 Å². The predicted octanol–water partition coefficient (Wildman–Crippen LogP) is 2.55. The van der Waals surface area contributed by atoms with Gasteiger partial charge < -0.3 is 9.64 Å². The number of hydrogen-bond donors (Lipinski definition) is 1. The topological polar surface area (TPSA) is 41.6 Å². The van der Waals surface area contributed by atoms with Gasteiger partial charge in [0.1, 0.15) is 6.17 Å². The van der Waals surface area contributed by atoms with Gasteiger partial charge in [-0.15, -0.1) is 11.3 Å². The van der Waals surface area contributed by atoms with Crippen LogP contribution in [0.1, 0.15) is 36.2 Å². The molecule has 0 saturated carbocycles. The van der Waals surface area contributed by atoms with Crippen LogP contribution in [0.25, 0.3) is 0 Å². The van der Waals surface area contributed by atoms with Crippen LogP contribution in [0.3, 0.4) is 0 Å². The molecule has 1 amide bonds. The molecule has 1 N–H and O–H groups in total. The van der Waals surface area contributed by atoms with Crippen LogP contribution in [0.2, 0.25) is 0 Å². The zero-order chi connectivity index (χ0) is 14.7. The SMILES string of the molecule is CCC1NC(c2ccc(C)s2)N(CC(C)COC)C1=O. The van der Waals surface area contributed by atoms with Crippen LogP contribution in [0.15, 0.2) is 12.1 Å². The normalized spacial score (nSPS) is 24.4. The summed E-state index contributed by atoms with van der Waals surface area (Å²) < 4.78 is 5.19. The number of nitrogens with zero attached hydrogens (tertiary/aromatic N) is 1. The minimum Gasteiger partial charge on any atom is -0.384 e. The van der Waals surface area contributed by atoms with Crippen LogP contribution < -0.4 is 5.32 Å². The number of carbonyl (C=O) groups is 1. The van der Waals surface area contributed by atoms with Gasteiger partial charge >= 0.3 is 0 Å². The summed E-state index contributed by atoms with van der Waals surface area (Å²) in [5.74, 6) is 0.552. The van der Waals surface area contributed by atoms with Crippen molar-refractivity contribution in [2.45, 2.75) is 39.4 Å². The molecule has 2 rings (SSSR count). The van der Waals surface area contributed by atoms with Crippen molar-refractivity contribution in [2.75, 3.05) is 20.3 Å². The third kappa shape index (κ3) is 3.22. The average Bonchev–Trinajstić information content (AvgIpc) is 2.95. The molecule has 5 heteroatoms. The molecule has 1 fully saturated rings. The van der Waals surface area contributed by atoms with Crippen molar-refractivity contribution < 1.29 is 9.53 Å². The molecule has 1 saturated heterocycles. The highest BCUT2D eigenvalue weighted by Gasteiger charge is 2.39. The molecule has 1 aromatic heterocycles. The monoisotopic (exact) mass is 296 g/mol. The molecule has 0 spiro atoms. The maximum atomic E-state index is 12.5. The van der Waals surface area contributed by atoms with Gasteiger partial charge in [0.2, 0.25) is 5.91 Å². The van der Waals surface area contributed by atoms with Gasteiger partial charge in [0, 0.05) is 23.4 Å². The van der Waals surface area contributed by atoms with E-state index in [1.54, 1.807) is 18.4 Å². The zero-order valence-corrected chi connectivity index (χ0v) is 13.5. The second-order valence-electron chi connectivity index (χ2n) is 5.53. The first-order chi connectivity index (χ1) is 9.56. The van der Waals surface area contributed by atoms with Crippen molar-refractivity contribution in [2.24, 2.45) is 5.92 Å². The van der Waals surface area contributed by atoms with E-state index in [-0.39, 0.29) is 18.1 Å². The molecule has 2 heterocycles. The lowest BCUT2D eigenvalue weighted by Crippen LogP contribution is -2.35. The quantitative estimate of drug-likeness (QED) is 0.877. The highest BCUT2D eigenvalue weighted by Crippen LogP contribution is 2.31. The van der Waals surface area contributed by atoms with Crippen molar-refractivity contribution in [3.63, 3.8) is 0 Å². The van der Waals surface area contributed by atoms with Gasteiger partial charge in [0.25, 0.3) is 0 Å². The van der Waals surface area contributed by atoms with E-state index in [9.17, 15) is 4.79 Å². The molecule has 0 bridgehead atoms. The number of carbonyl (C=O) groups excluding carboxylic acids is 1. The van der Waals surface area contributed by atoms with Gasteiger partial charge in [-0.3, -0.25) is 10.1 Å². The van der Waals surface area contributed by atoms with Crippen LogP contribution in [-0.4, -0.2) is 37.1 Å². The summed E-state index contributed by atoms with van der Waals surface area (Å²) in [5, 5.41) is 3.46. The van der Waals surface area contributed by atoms with E-state index in [2.05, 4.69) is 31.3 Å². The first kappa shape index (κ1) is 15.5. The summed E-state index contributed by atoms with van der Waals surface area (Å²) in [6.07, 6.45) is 0.847. The van der Waals surface area contributed by atoms with Crippen molar-refractivity contribution in [3.05, 3.63) is 21.9 Å². The van der Waals surface area contributed by atoms with E-state index in [0.29, 0.717) is 12.5 Å². The fourth-order valence-electron chi connectivity index (χ4n) is 2.68. The molecule has 20 heavy (non-hydrogen) atoms. The Hall–Kier alpha value is -0.910. The standard InChI is InChI=1S/C15H24N2O2S/c1-5-12-15(18)17(8-10(2)9-19-4)14(16-12)13-7-6-11(3)20-13/h6-7,10,12,14,16H,5,8-9H2,1-4H3. The minimum atomic E-state index is -0.0582. The Kier molecular flexibility index (Phi) is 5.18. The fourth-order valence-corrected chi connectivity index (χ4v) is 3.63. The summed E-state index contributed by atoms with van der Waals surface area (Å²) in [7, 11) is 1.70. The van der Waals surface area contributed by atoms with Gasteiger partial charge in [-0.05, 0) is 31.4 Å². The lowest BCUT2D eigenvalue weighted by molar-refractivity contribution is -0.130. The van der Waals surface area contributed by atoms with E-state index >= 15 is 0 Å². The minimum absolute atomic E-state index is 0.0189. The molecule has 112 valence electrons. The summed E-state index contributed by atoms with van der Waals surface area (Å²) in [4.78, 5) is 17.0. The summed E-state index contributed by atoms with van der Waals surface area (Å²) in [6, 6.07) is 4.18. The third-order valence-electron chi connectivity index (χ3n) is 3.65. The number of amides is 1. The maximum Gasteiger partial charge on any atom is 0.241 e. The third-order valence-corrected chi connectivity index (χ3v) is 4.70. The molecule has 1 aliphatic heterocycles. The molecule has 1 aliphatic rings. The largest absolute Gasteiger partial charge is 0.384 e. The molecule has 1 aromatic rings. The Balaban J connectivity index is 2.17. The fraction of sp³-hybridized carbons (Fsp3) is 0.667. The second kappa shape index (κ2) is 6.70. The van der Waals surface area contributed by atoms with Gasteiger partial charge in [0.05, 0.1) is 12.6 Å². The number of aryl methyl sites for hydroxylation is 1. The summed E-state index contributed by atoms with van der Waals surface area (Å²) in [5.41, 5.74) is 0. The van der Waals surface area contributed by atoms with Gasteiger partial charge in [0.15, 0.2) is 0 Å². The van der Waals surface area contributed by atoms with Crippen LogP contribution in [0.5, 0.6) is 0 Å². The Bertz CT molecular complexity index is 460. The van der Waals surface area contributed by atoms with E-state index in [4.69, 9.17) is 4.74 Å². The van der Waals surface area contributed by atoms with E-state index < -0.39 is 0 Å². The van der Waals surface area contributed by atoms with E-state index in [1.165, 1.54) is 9.75 Å². The number of thiophene rings is 1. The Morgan fingerprint density at radius 2 is 2.25 bits per heavy atom. The predicted molar refractivity (Wildman–Crippen MR) is 81.8 cm³/mol. The number of hydrogen-bond acceptors (Lipinski definition) is 4. The molecule has 0 radical (unpaired) electrons. The highest BCUT2D eigenvalue weighted by atomic mass is 32.1. The molecule has 0 aliphatic carbocycles. The molecule has 3 unspecified atom stereocenters. The first-order valence-electron chi connectivity index (χ1n) is 7.18. The molecule has 4 nitrogen and oxygen atoms in total. The Labute approximate surface area is 125 Å². The second-order valence-corrected chi connectivity index (χ2v) is 6.85. The number of rotatable bonds is 6. The zero-order valence-electron chi connectivity index (χ0n) is 12.7. The maximum absolute atomic E-state index is 12.5. The van der Waals surface area contributed by atoms with Gasteiger partial charge in [-0.1, -0.05) is 13.8 Å². The van der Waals surface area contributed by atoms with Crippen molar-refractivity contribution in [3.8, 4) is 0 Å².